The summed E-state index contributed by atoms with van der Waals surface area (Å²) in [5, 5.41) is 10.5. The third kappa shape index (κ3) is 4.00. The normalized spacial score (nSPS) is 12.0. The third-order valence-corrected chi connectivity index (χ3v) is 3.98. The van der Waals surface area contributed by atoms with E-state index in [9.17, 15) is 4.79 Å². The Morgan fingerprint density at radius 3 is 2.73 bits per heavy atom. The first-order valence-electron chi connectivity index (χ1n) is 7.10. The molecule has 0 saturated carbocycles. The maximum Gasteiger partial charge on any atom is 0.319 e. The average molecular weight is 320 g/mol. The summed E-state index contributed by atoms with van der Waals surface area (Å²) in [6.45, 7) is 7.66. The van der Waals surface area contributed by atoms with Crippen molar-refractivity contribution in [2.45, 2.75) is 38.8 Å². The molecule has 2 amide bonds. The van der Waals surface area contributed by atoms with E-state index in [0.717, 1.165) is 22.0 Å². The zero-order chi connectivity index (χ0) is 16.1. The third-order valence-electron chi connectivity index (χ3n) is 3.16. The lowest BCUT2D eigenvalue weighted by Gasteiger charge is -2.14. The van der Waals surface area contributed by atoms with Crippen molar-refractivity contribution in [3.63, 3.8) is 0 Å². The van der Waals surface area contributed by atoms with E-state index in [4.69, 9.17) is 4.52 Å². The van der Waals surface area contributed by atoms with E-state index in [1.807, 2.05) is 32.9 Å². The molecule has 0 aliphatic rings. The molecular formula is C15H20N4O2S. The van der Waals surface area contributed by atoms with Crippen molar-refractivity contribution < 1.29 is 9.32 Å². The molecule has 0 bridgehead atoms. The number of carbonyl (C=O) groups is 1. The van der Waals surface area contributed by atoms with Crippen LogP contribution in [-0.2, 0) is 0 Å². The summed E-state index contributed by atoms with van der Waals surface area (Å²) in [6, 6.07) is 3.26. The van der Waals surface area contributed by atoms with E-state index in [-0.39, 0.29) is 12.1 Å². The molecule has 7 heteroatoms. The van der Waals surface area contributed by atoms with Gasteiger partial charge in [0, 0.05) is 5.56 Å². The predicted molar refractivity (Wildman–Crippen MR) is 87.2 cm³/mol. The molecule has 0 aromatic carbocycles. The first-order chi connectivity index (χ1) is 10.5. The zero-order valence-electron chi connectivity index (χ0n) is 13.1. The van der Waals surface area contributed by atoms with Crippen molar-refractivity contribution >= 4 is 23.5 Å². The number of urea groups is 1. The number of amides is 2. The summed E-state index contributed by atoms with van der Waals surface area (Å²) >= 11 is 1.66. The quantitative estimate of drug-likeness (QED) is 0.821. The van der Waals surface area contributed by atoms with Crippen LogP contribution in [0.2, 0.25) is 0 Å². The van der Waals surface area contributed by atoms with Gasteiger partial charge in [0.2, 0.25) is 0 Å². The first kappa shape index (κ1) is 16.4. The van der Waals surface area contributed by atoms with E-state index in [2.05, 4.69) is 27.7 Å². The van der Waals surface area contributed by atoms with Gasteiger partial charge in [0.05, 0.1) is 28.6 Å². The van der Waals surface area contributed by atoms with Gasteiger partial charge in [0.25, 0.3) is 0 Å². The number of aromatic nitrogens is 2. The lowest BCUT2D eigenvalue weighted by molar-refractivity contribution is 0.249. The minimum Gasteiger partial charge on any atom is -0.361 e. The molecule has 0 spiro atoms. The van der Waals surface area contributed by atoms with Crippen LogP contribution in [0.1, 0.15) is 36.9 Å². The van der Waals surface area contributed by atoms with Crippen molar-refractivity contribution in [3.05, 3.63) is 35.3 Å². The van der Waals surface area contributed by atoms with Crippen LogP contribution in [0.5, 0.6) is 0 Å². The Morgan fingerprint density at radius 1 is 1.41 bits per heavy atom. The fraction of sp³-hybridized carbons (Fsp3) is 0.400. The van der Waals surface area contributed by atoms with E-state index >= 15 is 0 Å². The van der Waals surface area contributed by atoms with Crippen LogP contribution in [0.4, 0.5) is 10.5 Å². The number of pyridine rings is 1. The van der Waals surface area contributed by atoms with Crippen molar-refractivity contribution in [3.8, 4) is 0 Å². The summed E-state index contributed by atoms with van der Waals surface area (Å²) in [5.74, 6) is 1.68. The smallest absolute Gasteiger partial charge is 0.319 e. The van der Waals surface area contributed by atoms with E-state index in [1.54, 1.807) is 18.0 Å². The van der Waals surface area contributed by atoms with Crippen molar-refractivity contribution in [2.75, 3.05) is 11.1 Å². The molecule has 0 fully saturated rings. The number of hydrogen-bond acceptors (Lipinski definition) is 5. The SMILES string of the molecule is CCSc1ccc(NC(=O)N[C@H](C)c2c(C)noc2C)cn1. The number of anilines is 1. The maximum absolute atomic E-state index is 12.0. The summed E-state index contributed by atoms with van der Waals surface area (Å²) in [6.07, 6.45) is 1.65. The standard InChI is InChI=1S/C15H20N4O2S/c1-5-22-13-7-6-12(8-16-13)18-15(20)17-9(2)14-10(3)19-21-11(14)4/h6-9H,5H2,1-4H3,(H2,17,18,20)/t9-/m1/s1. The Bertz CT molecular complexity index is 620. The molecule has 6 nitrogen and oxygen atoms in total. The van der Waals surface area contributed by atoms with Gasteiger partial charge in [0.15, 0.2) is 0 Å². The molecular weight excluding hydrogens is 300 g/mol. The predicted octanol–water partition coefficient (Wildman–Crippen LogP) is 3.68. The molecule has 2 rings (SSSR count). The van der Waals surface area contributed by atoms with Crippen molar-refractivity contribution in [1.82, 2.24) is 15.5 Å². The molecule has 2 aromatic heterocycles. The second-order valence-corrected chi connectivity index (χ2v) is 6.16. The lowest BCUT2D eigenvalue weighted by Crippen LogP contribution is -2.31. The lowest BCUT2D eigenvalue weighted by atomic mass is 10.1. The maximum atomic E-state index is 12.0. The topological polar surface area (TPSA) is 80.0 Å². The van der Waals surface area contributed by atoms with Gasteiger partial charge in [-0.2, -0.15) is 0 Å². The Labute approximate surface area is 134 Å². The van der Waals surface area contributed by atoms with Gasteiger partial charge < -0.3 is 15.2 Å². The highest BCUT2D eigenvalue weighted by molar-refractivity contribution is 7.99. The largest absolute Gasteiger partial charge is 0.361 e. The minimum absolute atomic E-state index is 0.186. The fourth-order valence-electron chi connectivity index (χ4n) is 2.23. The van der Waals surface area contributed by atoms with Crippen LogP contribution in [-0.4, -0.2) is 21.9 Å². The molecule has 118 valence electrons. The van der Waals surface area contributed by atoms with Crippen molar-refractivity contribution in [1.29, 1.82) is 0 Å². The number of nitrogens with zero attached hydrogens (tertiary/aromatic N) is 2. The van der Waals surface area contributed by atoms with Gasteiger partial charge in [-0.15, -0.1) is 11.8 Å². The number of hydrogen-bond donors (Lipinski definition) is 2. The molecule has 0 aliphatic carbocycles. The molecule has 2 N–H and O–H groups in total. The second-order valence-electron chi connectivity index (χ2n) is 4.88. The zero-order valence-corrected chi connectivity index (χ0v) is 14.0. The number of carbonyl (C=O) groups excluding carboxylic acids is 1. The van der Waals surface area contributed by atoms with Gasteiger partial charge in [0.1, 0.15) is 5.76 Å². The molecule has 22 heavy (non-hydrogen) atoms. The number of thioether (sulfide) groups is 1. The molecule has 1 atom stereocenters. The Kier molecular flexibility index (Phi) is 5.43. The molecule has 2 heterocycles. The first-order valence-corrected chi connectivity index (χ1v) is 8.09. The van der Waals surface area contributed by atoms with Crippen LogP contribution in [0.25, 0.3) is 0 Å². The molecule has 0 unspecified atom stereocenters. The van der Waals surface area contributed by atoms with Gasteiger partial charge >= 0.3 is 6.03 Å². The van der Waals surface area contributed by atoms with Gasteiger partial charge in [-0.1, -0.05) is 12.1 Å². The summed E-state index contributed by atoms with van der Waals surface area (Å²) < 4.78 is 5.12. The summed E-state index contributed by atoms with van der Waals surface area (Å²) in [7, 11) is 0. The van der Waals surface area contributed by atoms with E-state index in [0.29, 0.717) is 11.4 Å². The van der Waals surface area contributed by atoms with E-state index < -0.39 is 0 Å². The van der Waals surface area contributed by atoms with Crippen LogP contribution in [0.15, 0.2) is 27.9 Å². The summed E-state index contributed by atoms with van der Waals surface area (Å²) in [4.78, 5) is 16.3. The van der Waals surface area contributed by atoms with Gasteiger partial charge in [-0.3, -0.25) is 0 Å². The van der Waals surface area contributed by atoms with E-state index in [1.165, 1.54) is 0 Å². The Morgan fingerprint density at radius 2 is 2.18 bits per heavy atom. The molecule has 0 aliphatic heterocycles. The molecule has 2 aromatic rings. The van der Waals surface area contributed by atoms with Crippen LogP contribution < -0.4 is 10.6 Å². The second kappa shape index (κ2) is 7.31. The Hall–Kier alpha value is -2.02. The average Bonchev–Trinajstić information content (AvgIpc) is 2.80. The van der Waals surface area contributed by atoms with Crippen LogP contribution >= 0.6 is 11.8 Å². The van der Waals surface area contributed by atoms with Crippen LogP contribution in [0.3, 0.4) is 0 Å². The monoisotopic (exact) mass is 320 g/mol. The number of nitrogens with one attached hydrogen (secondary N) is 2. The van der Waals surface area contributed by atoms with Crippen molar-refractivity contribution in [2.24, 2.45) is 0 Å². The number of aryl methyl sites for hydroxylation is 2. The summed E-state index contributed by atoms with van der Waals surface area (Å²) in [5.41, 5.74) is 2.35. The van der Waals surface area contributed by atoms with Crippen LogP contribution in [0, 0.1) is 13.8 Å². The molecule has 0 radical (unpaired) electrons. The highest BCUT2D eigenvalue weighted by Crippen LogP contribution is 2.21. The minimum atomic E-state index is -0.287. The molecule has 0 saturated heterocycles. The number of rotatable bonds is 5. The highest BCUT2D eigenvalue weighted by Gasteiger charge is 2.18. The van der Waals surface area contributed by atoms with Gasteiger partial charge in [-0.25, -0.2) is 9.78 Å². The fourth-order valence-corrected chi connectivity index (χ4v) is 2.82. The highest BCUT2D eigenvalue weighted by atomic mass is 32.2. The Balaban J connectivity index is 1.95. The van der Waals surface area contributed by atoms with Gasteiger partial charge in [-0.05, 0) is 38.7 Å².